The Kier molecular flexibility index (Phi) is 3.36. The van der Waals surface area contributed by atoms with Crippen molar-refractivity contribution in [3.05, 3.63) is 35.8 Å². The summed E-state index contributed by atoms with van der Waals surface area (Å²) < 4.78 is 0. The van der Waals surface area contributed by atoms with E-state index in [1.807, 2.05) is 0 Å². The van der Waals surface area contributed by atoms with Gasteiger partial charge in [-0.1, -0.05) is 18.5 Å². The van der Waals surface area contributed by atoms with Crippen molar-refractivity contribution in [2.45, 2.75) is 19.4 Å². The summed E-state index contributed by atoms with van der Waals surface area (Å²) in [7, 11) is 0. The van der Waals surface area contributed by atoms with Crippen molar-refractivity contribution in [1.82, 2.24) is 19.9 Å². The SMILES string of the molecule is CCC(Nc1nccnc1Cl)c1ncc[nH]1. The molecule has 5 nitrogen and oxygen atoms in total. The van der Waals surface area contributed by atoms with Gasteiger partial charge in [0.1, 0.15) is 5.82 Å². The largest absolute Gasteiger partial charge is 0.358 e. The first-order valence-corrected chi connectivity index (χ1v) is 5.41. The summed E-state index contributed by atoms with van der Waals surface area (Å²) in [6.07, 6.45) is 7.54. The van der Waals surface area contributed by atoms with E-state index in [-0.39, 0.29) is 6.04 Å². The summed E-state index contributed by atoms with van der Waals surface area (Å²) in [5, 5.41) is 3.57. The van der Waals surface area contributed by atoms with Crippen LogP contribution in [-0.4, -0.2) is 19.9 Å². The second kappa shape index (κ2) is 4.94. The number of aromatic amines is 1. The molecule has 2 heterocycles. The molecule has 6 heteroatoms. The van der Waals surface area contributed by atoms with Gasteiger partial charge in [-0.05, 0) is 6.42 Å². The van der Waals surface area contributed by atoms with Gasteiger partial charge < -0.3 is 10.3 Å². The Morgan fingerprint density at radius 2 is 2.12 bits per heavy atom. The summed E-state index contributed by atoms with van der Waals surface area (Å²) in [5.41, 5.74) is 0. The molecule has 84 valence electrons. The van der Waals surface area contributed by atoms with Gasteiger partial charge in [-0.3, -0.25) is 0 Å². The maximum Gasteiger partial charge on any atom is 0.171 e. The van der Waals surface area contributed by atoms with Gasteiger partial charge in [0.25, 0.3) is 0 Å². The number of rotatable bonds is 4. The molecule has 2 N–H and O–H groups in total. The predicted octanol–water partition coefficient (Wildman–Crippen LogP) is 2.42. The van der Waals surface area contributed by atoms with Crippen molar-refractivity contribution in [2.24, 2.45) is 0 Å². The van der Waals surface area contributed by atoms with Gasteiger partial charge in [0.05, 0.1) is 6.04 Å². The van der Waals surface area contributed by atoms with Crippen LogP contribution in [-0.2, 0) is 0 Å². The third-order valence-corrected chi connectivity index (χ3v) is 2.50. The molecule has 16 heavy (non-hydrogen) atoms. The van der Waals surface area contributed by atoms with E-state index in [1.54, 1.807) is 24.8 Å². The van der Waals surface area contributed by atoms with E-state index in [0.29, 0.717) is 11.0 Å². The number of hydrogen-bond acceptors (Lipinski definition) is 4. The molecule has 2 aromatic heterocycles. The zero-order valence-electron chi connectivity index (χ0n) is 8.81. The van der Waals surface area contributed by atoms with Crippen LogP contribution in [0.4, 0.5) is 5.82 Å². The fourth-order valence-corrected chi connectivity index (χ4v) is 1.57. The van der Waals surface area contributed by atoms with Crippen molar-refractivity contribution in [3.8, 4) is 0 Å². The monoisotopic (exact) mass is 237 g/mol. The molecule has 0 saturated heterocycles. The van der Waals surface area contributed by atoms with Crippen LogP contribution >= 0.6 is 11.6 Å². The van der Waals surface area contributed by atoms with E-state index >= 15 is 0 Å². The fourth-order valence-electron chi connectivity index (χ4n) is 1.41. The zero-order chi connectivity index (χ0) is 11.4. The summed E-state index contributed by atoms with van der Waals surface area (Å²) in [6, 6.07) is 0.0594. The maximum atomic E-state index is 5.92. The molecule has 0 aliphatic heterocycles. The van der Waals surface area contributed by atoms with Gasteiger partial charge in [-0.25, -0.2) is 15.0 Å². The van der Waals surface area contributed by atoms with Gasteiger partial charge in [0, 0.05) is 24.8 Å². The Bertz CT molecular complexity index is 442. The van der Waals surface area contributed by atoms with Gasteiger partial charge in [-0.15, -0.1) is 0 Å². The molecule has 1 unspecified atom stereocenters. The number of imidazole rings is 1. The topological polar surface area (TPSA) is 66.5 Å². The Hall–Kier alpha value is -1.62. The standard InChI is InChI=1S/C10H12ClN5/c1-2-7(9-13-5-6-14-9)16-10-8(11)12-3-4-15-10/h3-7H,2H2,1H3,(H,13,14)(H,15,16). The fraction of sp³-hybridized carbons (Fsp3) is 0.300. The highest BCUT2D eigenvalue weighted by Crippen LogP contribution is 2.22. The molecule has 0 bridgehead atoms. The lowest BCUT2D eigenvalue weighted by molar-refractivity contribution is 0.699. The average molecular weight is 238 g/mol. The normalized spacial score (nSPS) is 12.4. The summed E-state index contributed by atoms with van der Waals surface area (Å²) >= 11 is 5.92. The van der Waals surface area contributed by atoms with Crippen molar-refractivity contribution in [3.63, 3.8) is 0 Å². The van der Waals surface area contributed by atoms with Crippen molar-refractivity contribution >= 4 is 17.4 Å². The first-order valence-electron chi connectivity index (χ1n) is 5.03. The molecule has 0 spiro atoms. The van der Waals surface area contributed by atoms with Gasteiger partial charge >= 0.3 is 0 Å². The molecule has 0 fully saturated rings. The van der Waals surface area contributed by atoms with E-state index in [9.17, 15) is 0 Å². The number of nitrogens with zero attached hydrogens (tertiary/aromatic N) is 3. The highest BCUT2D eigenvalue weighted by atomic mass is 35.5. The zero-order valence-corrected chi connectivity index (χ0v) is 9.57. The lowest BCUT2D eigenvalue weighted by atomic mass is 10.2. The highest BCUT2D eigenvalue weighted by Gasteiger charge is 2.13. The second-order valence-corrected chi connectivity index (χ2v) is 3.63. The number of aromatic nitrogens is 4. The van der Waals surface area contributed by atoms with E-state index in [0.717, 1.165) is 12.2 Å². The van der Waals surface area contributed by atoms with E-state index in [1.165, 1.54) is 0 Å². The third-order valence-electron chi connectivity index (χ3n) is 2.22. The predicted molar refractivity (Wildman–Crippen MR) is 62.3 cm³/mol. The number of halogens is 1. The van der Waals surface area contributed by atoms with Gasteiger partial charge in [0.15, 0.2) is 11.0 Å². The molecule has 0 aromatic carbocycles. The molecular formula is C10H12ClN5. The molecule has 0 amide bonds. The van der Waals surface area contributed by atoms with Crippen molar-refractivity contribution < 1.29 is 0 Å². The Morgan fingerprint density at radius 1 is 1.31 bits per heavy atom. The van der Waals surface area contributed by atoms with E-state index in [4.69, 9.17) is 11.6 Å². The van der Waals surface area contributed by atoms with Gasteiger partial charge in [0.2, 0.25) is 0 Å². The Balaban J connectivity index is 2.17. The van der Waals surface area contributed by atoms with Crippen LogP contribution in [0.5, 0.6) is 0 Å². The van der Waals surface area contributed by atoms with E-state index in [2.05, 4.69) is 32.2 Å². The van der Waals surface area contributed by atoms with Crippen molar-refractivity contribution in [1.29, 1.82) is 0 Å². The minimum atomic E-state index is 0.0594. The van der Waals surface area contributed by atoms with Crippen LogP contribution in [0.2, 0.25) is 5.15 Å². The number of anilines is 1. The molecule has 0 saturated carbocycles. The molecule has 0 aliphatic rings. The molecule has 2 aromatic rings. The Morgan fingerprint density at radius 3 is 2.75 bits per heavy atom. The van der Waals surface area contributed by atoms with Crippen molar-refractivity contribution in [2.75, 3.05) is 5.32 Å². The van der Waals surface area contributed by atoms with Crippen LogP contribution in [0, 0.1) is 0 Å². The van der Waals surface area contributed by atoms with Crippen LogP contribution in [0.3, 0.4) is 0 Å². The van der Waals surface area contributed by atoms with Crippen LogP contribution in [0.1, 0.15) is 25.2 Å². The van der Waals surface area contributed by atoms with Crippen LogP contribution in [0.15, 0.2) is 24.8 Å². The van der Waals surface area contributed by atoms with Crippen LogP contribution in [0.25, 0.3) is 0 Å². The molecule has 0 radical (unpaired) electrons. The first kappa shape index (κ1) is 10.9. The second-order valence-electron chi connectivity index (χ2n) is 3.28. The third kappa shape index (κ3) is 2.30. The molecule has 0 aliphatic carbocycles. The smallest absolute Gasteiger partial charge is 0.171 e. The highest BCUT2D eigenvalue weighted by molar-refractivity contribution is 6.31. The maximum absolute atomic E-state index is 5.92. The summed E-state index contributed by atoms with van der Waals surface area (Å²) in [6.45, 7) is 2.06. The minimum Gasteiger partial charge on any atom is -0.358 e. The molecular weight excluding hydrogens is 226 g/mol. The average Bonchev–Trinajstić information content (AvgIpc) is 2.81. The first-order chi connectivity index (χ1) is 7.81. The lowest BCUT2D eigenvalue weighted by Gasteiger charge is -2.15. The number of H-pyrrole nitrogens is 1. The quantitative estimate of drug-likeness (QED) is 0.857. The Labute approximate surface area is 98.3 Å². The summed E-state index contributed by atoms with van der Waals surface area (Å²) in [5.74, 6) is 1.44. The lowest BCUT2D eigenvalue weighted by Crippen LogP contribution is -2.12. The van der Waals surface area contributed by atoms with Gasteiger partial charge in [-0.2, -0.15) is 0 Å². The summed E-state index contributed by atoms with van der Waals surface area (Å²) in [4.78, 5) is 15.4. The number of hydrogen-bond donors (Lipinski definition) is 2. The molecule has 1 atom stereocenters. The van der Waals surface area contributed by atoms with E-state index < -0.39 is 0 Å². The minimum absolute atomic E-state index is 0.0594. The number of nitrogens with one attached hydrogen (secondary N) is 2. The molecule has 2 rings (SSSR count). The van der Waals surface area contributed by atoms with Crippen LogP contribution < -0.4 is 5.32 Å².